The highest BCUT2D eigenvalue weighted by Crippen LogP contribution is 2.21. The van der Waals surface area contributed by atoms with Crippen LogP contribution in [0.25, 0.3) is 0 Å². The van der Waals surface area contributed by atoms with E-state index in [2.05, 4.69) is 12.2 Å². The Morgan fingerprint density at radius 1 is 1.41 bits per heavy atom. The van der Waals surface area contributed by atoms with Gasteiger partial charge in [0.15, 0.2) is 0 Å². The molecule has 2 heterocycles. The first-order valence-electron chi connectivity index (χ1n) is 6.37. The number of likely N-dealkylation sites (N-methyl/N-ethyl adjacent to an activating group) is 1. The Labute approximate surface area is 102 Å². The number of hydrogen-bond acceptors (Lipinski definition) is 4. The van der Waals surface area contributed by atoms with E-state index in [9.17, 15) is 4.79 Å². The molecule has 0 spiro atoms. The lowest BCUT2D eigenvalue weighted by molar-refractivity contribution is -0.143. The van der Waals surface area contributed by atoms with Gasteiger partial charge in [0.25, 0.3) is 5.91 Å². The fraction of sp³-hybridized carbons (Fsp3) is 0.917. The maximum absolute atomic E-state index is 12.2. The van der Waals surface area contributed by atoms with Crippen LogP contribution in [0.5, 0.6) is 0 Å². The lowest BCUT2D eigenvalue weighted by Crippen LogP contribution is -2.48. The standard InChI is InChI=1S/C12H22N2O3/c1-9-3-5-17-11(9)12(15)14(2)8-10-7-13-4-6-16-10/h9-11,13H,3-8H2,1-2H3. The number of rotatable bonds is 3. The van der Waals surface area contributed by atoms with E-state index in [1.54, 1.807) is 4.90 Å². The molecule has 3 unspecified atom stereocenters. The fourth-order valence-electron chi connectivity index (χ4n) is 2.36. The normalized spacial score (nSPS) is 33.6. The maximum atomic E-state index is 12.2. The smallest absolute Gasteiger partial charge is 0.251 e. The second-order valence-electron chi connectivity index (χ2n) is 4.97. The Morgan fingerprint density at radius 2 is 2.24 bits per heavy atom. The Hall–Kier alpha value is -0.650. The Kier molecular flexibility index (Phi) is 4.36. The highest BCUT2D eigenvalue weighted by Gasteiger charge is 2.33. The van der Waals surface area contributed by atoms with Gasteiger partial charge < -0.3 is 19.7 Å². The first-order chi connectivity index (χ1) is 8.18. The van der Waals surface area contributed by atoms with E-state index >= 15 is 0 Å². The van der Waals surface area contributed by atoms with E-state index in [4.69, 9.17) is 9.47 Å². The quantitative estimate of drug-likeness (QED) is 0.748. The summed E-state index contributed by atoms with van der Waals surface area (Å²) in [6.45, 7) is 5.85. The van der Waals surface area contributed by atoms with Crippen LogP contribution < -0.4 is 5.32 Å². The molecule has 1 amide bonds. The summed E-state index contributed by atoms with van der Waals surface area (Å²) in [6.07, 6.45) is 0.831. The summed E-state index contributed by atoms with van der Waals surface area (Å²) < 4.78 is 11.1. The topological polar surface area (TPSA) is 50.8 Å². The van der Waals surface area contributed by atoms with Crippen molar-refractivity contribution < 1.29 is 14.3 Å². The van der Waals surface area contributed by atoms with Gasteiger partial charge in [-0.05, 0) is 12.3 Å². The van der Waals surface area contributed by atoms with Gasteiger partial charge in [0.05, 0.1) is 12.7 Å². The van der Waals surface area contributed by atoms with Crippen LogP contribution in [0.2, 0.25) is 0 Å². The molecule has 2 rings (SSSR count). The third kappa shape index (κ3) is 3.18. The minimum atomic E-state index is -0.253. The molecule has 5 nitrogen and oxygen atoms in total. The zero-order chi connectivity index (χ0) is 12.3. The monoisotopic (exact) mass is 242 g/mol. The Balaban J connectivity index is 1.81. The molecule has 0 saturated carbocycles. The van der Waals surface area contributed by atoms with Crippen molar-refractivity contribution in [3.8, 4) is 0 Å². The molecule has 2 saturated heterocycles. The third-order valence-electron chi connectivity index (χ3n) is 3.49. The van der Waals surface area contributed by atoms with Crippen LogP contribution in [0, 0.1) is 5.92 Å². The number of morpholine rings is 1. The SMILES string of the molecule is CC1CCOC1C(=O)N(C)CC1CNCCO1. The molecule has 98 valence electrons. The van der Waals surface area contributed by atoms with Crippen LogP contribution in [0.1, 0.15) is 13.3 Å². The average Bonchev–Trinajstić information content (AvgIpc) is 2.76. The number of nitrogens with one attached hydrogen (secondary N) is 1. The summed E-state index contributed by atoms with van der Waals surface area (Å²) in [7, 11) is 1.83. The second-order valence-corrected chi connectivity index (χ2v) is 4.97. The number of carbonyl (C=O) groups is 1. The van der Waals surface area contributed by atoms with Gasteiger partial charge in [-0.25, -0.2) is 0 Å². The molecule has 0 aromatic carbocycles. The van der Waals surface area contributed by atoms with Crippen LogP contribution in [0.3, 0.4) is 0 Å². The van der Waals surface area contributed by atoms with Crippen LogP contribution in [-0.4, -0.2) is 62.9 Å². The molecule has 1 N–H and O–H groups in total. The van der Waals surface area contributed by atoms with E-state index in [0.29, 0.717) is 19.1 Å². The van der Waals surface area contributed by atoms with E-state index in [-0.39, 0.29) is 18.1 Å². The molecule has 2 fully saturated rings. The van der Waals surface area contributed by atoms with Gasteiger partial charge in [0, 0.05) is 33.3 Å². The first-order valence-corrected chi connectivity index (χ1v) is 6.37. The molecule has 3 atom stereocenters. The molecule has 0 aromatic heterocycles. The van der Waals surface area contributed by atoms with Crippen molar-refractivity contribution in [2.45, 2.75) is 25.6 Å². The largest absolute Gasteiger partial charge is 0.374 e. The van der Waals surface area contributed by atoms with Gasteiger partial charge in [0.2, 0.25) is 0 Å². The van der Waals surface area contributed by atoms with Crippen LogP contribution in [-0.2, 0) is 14.3 Å². The molecule has 0 bridgehead atoms. The van der Waals surface area contributed by atoms with Crippen molar-refractivity contribution in [3.05, 3.63) is 0 Å². The van der Waals surface area contributed by atoms with Crippen molar-refractivity contribution in [1.29, 1.82) is 0 Å². The Morgan fingerprint density at radius 3 is 2.82 bits per heavy atom. The van der Waals surface area contributed by atoms with Crippen molar-refractivity contribution in [3.63, 3.8) is 0 Å². The molecule has 17 heavy (non-hydrogen) atoms. The van der Waals surface area contributed by atoms with Crippen LogP contribution >= 0.6 is 0 Å². The van der Waals surface area contributed by atoms with Crippen molar-refractivity contribution >= 4 is 5.91 Å². The van der Waals surface area contributed by atoms with Crippen LogP contribution in [0.4, 0.5) is 0 Å². The predicted molar refractivity (Wildman–Crippen MR) is 63.8 cm³/mol. The number of hydrogen-bond donors (Lipinski definition) is 1. The van der Waals surface area contributed by atoms with Crippen molar-refractivity contribution in [2.24, 2.45) is 5.92 Å². The highest BCUT2D eigenvalue weighted by molar-refractivity contribution is 5.81. The molecule has 0 aliphatic carbocycles. The van der Waals surface area contributed by atoms with Crippen LogP contribution in [0.15, 0.2) is 0 Å². The van der Waals surface area contributed by atoms with Gasteiger partial charge in [-0.3, -0.25) is 4.79 Å². The van der Waals surface area contributed by atoms with E-state index < -0.39 is 0 Å². The molecule has 0 radical (unpaired) electrons. The molecule has 2 aliphatic rings. The summed E-state index contributed by atoms with van der Waals surface area (Å²) in [5.41, 5.74) is 0. The van der Waals surface area contributed by atoms with Gasteiger partial charge in [-0.15, -0.1) is 0 Å². The van der Waals surface area contributed by atoms with E-state index in [0.717, 1.165) is 26.1 Å². The minimum Gasteiger partial charge on any atom is -0.374 e. The average molecular weight is 242 g/mol. The van der Waals surface area contributed by atoms with Gasteiger partial charge >= 0.3 is 0 Å². The van der Waals surface area contributed by atoms with Gasteiger partial charge in [0.1, 0.15) is 6.10 Å². The molecular formula is C12H22N2O3. The molecule has 5 heteroatoms. The zero-order valence-electron chi connectivity index (χ0n) is 10.6. The first kappa shape index (κ1) is 12.8. The minimum absolute atomic E-state index is 0.0872. The number of ether oxygens (including phenoxy) is 2. The Bertz CT molecular complexity index is 266. The van der Waals surface area contributed by atoms with Gasteiger partial charge in [-0.1, -0.05) is 6.92 Å². The number of carbonyl (C=O) groups excluding carboxylic acids is 1. The maximum Gasteiger partial charge on any atom is 0.251 e. The summed E-state index contributed by atoms with van der Waals surface area (Å²) in [6, 6.07) is 0. The summed E-state index contributed by atoms with van der Waals surface area (Å²) in [4.78, 5) is 13.9. The zero-order valence-corrected chi connectivity index (χ0v) is 10.6. The lowest BCUT2D eigenvalue weighted by Gasteiger charge is -2.29. The molecule has 2 aliphatic heterocycles. The molecular weight excluding hydrogens is 220 g/mol. The van der Waals surface area contributed by atoms with Crippen molar-refractivity contribution in [2.75, 3.05) is 39.9 Å². The highest BCUT2D eigenvalue weighted by atomic mass is 16.5. The second kappa shape index (κ2) is 5.80. The fourth-order valence-corrected chi connectivity index (χ4v) is 2.36. The lowest BCUT2D eigenvalue weighted by atomic mass is 10.0. The van der Waals surface area contributed by atoms with E-state index in [1.165, 1.54) is 0 Å². The number of nitrogens with zero attached hydrogens (tertiary/aromatic N) is 1. The summed E-state index contributed by atoms with van der Waals surface area (Å²) in [5.74, 6) is 0.416. The van der Waals surface area contributed by atoms with Gasteiger partial charge in [-0.2, -0.15) is 0 Å². The molecule has 0 aromatic rings. The summed E-state index contributed by atoms with van der Waals surface area (Å²) >= 11 is 0. The summed E-state index contributed by atoms with van der Waals surface area (Å²) in [5, 5.41) is 3.26. The van der Waals surface area contributed by atoms with E-state index in [1.807, 2.05) is 7.05 Å². The predicted octanol–water partition coefficient (Wildman–Crippen LogP) is -0.142. The van der Waals surface area contributed by atoms with Crippen molar-refractivity contribution in [1.82, 2.24) is 10.2 Å². The third-order valence-corrected chi connectivity index (χ3v) is 3.49. The number of amides is 1.